The van der Waals surface area contributed by atoms with Crippen molar-refractivity contribution in [3.8, 4) is 11.5 Å². The summed E-state index contributed by atoms with van der Waals surface area (Å²) in [5.41, 5.74) is 15.9. The van der Waals surface area contributed by atoms with Gasteiger partial charge in [0, 0.05) is 18.7 Å². The van der Waals surface area contributed by atoms with Gasteiger partial charge in [-0.25, -0.2) is 4.98 Å². The Morgan fingerprint density at radius 2 is 1.58 bits per heavy atom. The van der Waals surface area contributed by atoms with Crippen molar-refractivity contribution in [3.63, 3.8) is 0 Å². The van der Waals surface area contributed by atoms with Crippen LogP contribution in [0.1, 0.15) is 11.1 Å². The molecule has 1 heterocycles. The van der Waals surface area contributed by atoms with Crippen LogP contribution in [0.5, 0.6) is 0 Å². The quantitative estimate of drug-likeness (QED) is 0.751. The molecule has 0 saturated carbocycles. The van der Waals surface area contributed by atoms with E-state index in [2.05, 4.69) is 4.98 Å². The largest absolute Gasteiger partial charge is 0.436 e. The van der Waals surface area contributed by atoms with E-state index in [0.29, 0.717) is 19.0 Å². The Morgan fingerprint density at radius 1 is 0.895 bits per heavy atom. The fourth-order valence-corrected chi connectivity index (χ4v) is 2.01. The molecule has 0 aliphatic rings. The first-order valence-corrected chi connectivity index (χ1v) is 6.19. The van der Waals surface area contributed by atoms with Crippen LogP contribution in [0, 0.1) is 0 Å². The van der Waals surface area contributed by atoms with Crippen molar-refractivity contribution in [2.75, 3.05) is 0 Å². The Bertz CT molecular complexity index is 701. The van der Waals surface area contributed by atoms with Crippen LogP contribution in [0.2, 0.25) is 0 Å². The van der Waals surface area contributed by atoms with Crippen molar-refractivity contribution in [3.05, 3.63) is 53.6 Å². The highest BCUT2D eigenvalue weighted by molar-refractivity contribution is 5.76. The third-order valence-electron chi connectivity index (χ3n) is 3.12. The summed E-state index contributed by atoms with van der Waals surface area (Å²) in [6.07, 6.45) is 0. The highest BCUT2D eigenvalue weighted by Gasteiger charge is 2.08. The maximum atomic E-state index is 5.74. The maximum Gasteiger partial charge on any atom is 0.227 e. The van der Waals surface area contributed by atoms with Gasteiger partial charge >= 0.3 is 0 Å². The third kappa shape index (κ3) is 2.23. The molecule has 0 spiro atoms. The van der Waals surface area contributed by atoms with Gasteiger partial charge in [-0.1, -0.05) is 18.2 Å². The number of fused-ring (bicyclic) bond motifs is 1. The number of hydrogen-bond acceptors (Lipinski definition) is 4. The highest BCUT2D eigenvalue weighted by Crippen LogP contribution is 2.25. The predicted octanol–water partition coefficient (Wildman–Crippen LogP) is 2.41. The first-order chi connectivity index (χ1) is 9.30. The number of rotatable bonds is 3. The van der Waals surface area contributed by atoms with Crippen molar-refractivity contribution < 1.29 is 4.42 Å². The molecule has 96 valence electrons. The van der Waals surface area contributed by atoms with E-state index >= 15 is 0 Å². The molecule has 3 rings (SSSR count). The molecule has 0 fully saturated rings. The van der Waals surface area contributed by atoms with Gasteiger partial charge < -0.3 is 15.9 Å². The normalized spacial score (nSPS) is 11.1. The van der Waals surface area contributed by atoms with E-state index in [9.17, 15) is 0 Å². The second kappa shape index (κ2) is 4.84. The molecular weight excluding hydrogens is 238 g/mol. The molecule has 0 bridgehead atoms. The first kappa shape index (κ1) is 11.9. The van der Waals surface area contributed by atoms with Crippen molar-refractivity contribution >= 4 is 11.1 Å². The summed E-state index contributed by atoms with van der Waals surface area (Å²) >= 11 is 0. The molecule has 4 nitrogen and oxygen atoms in total. The van der Waals surface area contributed by atoms with E-state index in [-0.39, 0.29) is 0 Å². The zero-order valence-electron chi connectivity index (χ0n) is 10.5. The van der Waals surface area contributed by atoms with Crippen LogP contribution in [0.4, 0.5) is 0 Å². The average Bonchev–Trinajstić information content (AvgIpc) is 2.90. The van der Waals surface area contributed by atoms with Crippen molar-refractivity contribution in [2.24, 2.45) is 11.5 Å². The van der Waals surface area contributed by atoms with Crippen LogP contribution in [-0.2, 0) is 13.1 Å². The van der Waals surface area contributed by atoms with Gasteiger partial charge in [-0.2, -0.15) is 0 Å². The molecule has 0 atom stereocenters. The van der Waals surface area contributed by atoms with Crippen LogP contribution in [0.3, 0.4) is 0 Å². The molecule has 1 aromatic heterocycles. The zero-order valence-corrected chi connectivity index (χ0v) is 10.5. The van der Waals surface area contributed by atoms with E-state index < -0.39 is 0 Å². The van der Waals surface area contributed by atoms with Gasteiger partial charge in [0.2, 0.25) is 5.89 Å². The van der Waals surface area contributed by atoms with E-state index in [4.69, 9.17) is 15.9 Å². The predicted molar refractivity (Wildman–Crippen MR) is 75.2 cm³/mol. The number of nitrogens with two attached hydrogens (primary N) is 2. The monoisotopic (exact) mass is 253 g/mol. The molecule has 0 radical (unpaired) electrons. The SMILES string of the molecule is NCc1ccc(-c2nc3cc(CN)ccc3o2)cc1. The summed E-state index contributed by atoms with van der Waals surface area (Å²) in [4.78, 5) is 4.49. The number of benzene rings is 2. The van der Waals surface area contributed by atoms with Crippen LogP contribution in [-0.4, -0.2) is 4.98 Å². The summed E-state index contributed by atoms with van der Waals surface area (Å²) in [6.45, 7) is 1.04. The lowest BCUT2D eigenvalue weighted by atomic mass is 10.1. The summed E-state index contributed by atoms with van der Waals surface area (Å²) in [5, 5.41) is 0. The van der Waals surface area contributed by atoms with Gasteiger partial charge in [-0.15, -0.1) is 0 Å². The smallest absolute Gasteiger partial charge is 0.227 e. The second-order valence-corrected chi connectivity index (χ2v) is 4.43. The Kier molecular flexibility index (Phi) is 3.03. The molecule has 19 heavy (non-hydrogen) atoms. The van der Waals surface area contributed by atoms with Crippen LogP contribution in [0.15, 0.2) is 46.9 Å². The Morgan fingerprint density at radius 3 is 2.26 bits per heavy atom. The molecule has 4 N–H and O–H groups in total. The summed E-state index contributed by atoms with van der Waals surface area (Å²) in [6, 6.07) is 13.7. The summed E-state index contributed by atoms with van der Waals surface area (Å²) < 4.78 is 5.74. The Balaban J connectivity index is 2.04. The minimum Gasteiger partial charge on any atom is -0.436 e. The van der Waals surface area contributed by atoms with Gasteiger partial charge in [0.1, 0.15) is 5.52 Å². The Hall–Kier alpha value is -2.17. The molecule has 0 unspecified atom stereocenters. The van der Waals surface area contributed by atoms with E-state index in [1.807, 2.05) is 42.5 Å². The minimum absolute atomic E-state index is 0.503. The van der Waals surface area contributed by atoms with E-state index in [0.717, 1.165) is 27.8 Å². The summed E-state index contributed by atoms with van der Waals surface area (Å²) in [7, 11) is 0. The van der Waals surface area contributed by atoms with Gasteiger partial charge in [0.15, 0.2) is 5.58 Å². The highest BCUT2D eigenvalue weighted by atomic mass is 16.3. The standard InChI is InChI=1S/C15H15N3O/c16-8-10-1-4-12(5-2-10)15-18-13-7-11(9-17)3-6-14(13)19-15/h1-7H,8-9,16-17H2. The first-order valence-electron chi connectivity index (χ1n) is 6.19. The van der Waals surface area contributed by atoms with Crippen LogP contribution >= 0.6 is 0 Å². The average molecular weight is 253 g/mol. The lowest BCUT2D eigenvalue weighted by molar-refractivity contribution is 0.619. The van der Waals surface area contributed by atoms with Crippen molar-refractivity contribution in [1.29, 1.82) is 0 Å². The van der Waals surface area contributed by atoms with Crippen molar-refractivity contribution in [1.82, 2.24) is 4.98 Å². The second-order valence-electron chi connectivity index (χ2n) is 4.43. The molecule has 0 aliphatic heterocycles. The lowest BCUT2D eigenvalue weighted by Gasteiger charge is -1.97. The van der Waals surface area contributed by atoms with Gasteiger partial charge in [-0.05, 0) is 35.4 Å². The molecule has 3 aromatic rings. The number of aromatic nitrogens is 1. The van der Waals surface area contributed by atoms with Gasteiger partial charge in [0.05, 0.1) is 0 Å². The third-order valence-corrected chi connectivity index (χ3v) is 3.12. The topological polar surface area (TPSA) is 78.1 Å². The summed E-state index contributed by atoms with van der Waals surface area (Å²) in [5.74, 6) is 0.618. The zero-order chi connectivity index (χ0) is 13.2. The number of nitrogens with zero attached hydrogens (tertiary/aromatic N) is 1. The van der Waals surface area contributed by atoms with Gasteiger partial charge in [-0.3, -0.25) is 0 Å². The molecular formula is C15H15N3O. The fraction of sp³-hybridized carbons (Fsp3) is 0.133. The molecule has 0 aliphatic carbocycles. The van der Waals surface area contributed by atoms with Crippen molar-refractivity contribution in [2.45, 2.75) is 13.1 Å². The van der Waals surface area contributed by atoms with Gasteiger partial charge in [0.25, 0.3) is 0 Å². The van der Waals surface area contributed by atoms with Crippen LogP contribution < -0.4 is 11.5 Å². The molecule has 2 aromatic carbocycles. The molecule has 0 saturated heterocycles. The molecule has 0 amide bonds. The van der Waals surface area contributed by atoms with E-state index in [1.165, 1.54) is 0 Å². The number of hydrogen-bond donors (Lipinski definition) is 2. The van der Waals surface area contributed by atoms with E-state index in [1.54, 1.807) is 0 Å². The fourth-order valence-electron chi connectivity index (χ4n) is 2.01. The lowest BCUT2D eigenvalue weighted by Crippen LogP contribution is -1.95. The maximum absolute atomic E-state index is 5.74. The minimum atomic E-state index is 0.503. The Labute approximate surface area is 111 Å². The number of oxazole rings is 1. The van der Waals surface area contributed by atoms with Crippen LogP contribution in [0.25, 0.3) is 22.6 Å². The molecule has 4 heteroatoms.